The molecule has 2 heterocycles. The van der Waals surface area contributed by atoms with Gasteiger partial charge in [-0.05, 0) is 32.8 Å². The van der Waals surface area contributed by atoms with E-state index in [2.05, 4.69) is 10.2 Å². The van der Waals surface area contributed by atoms with Crippen LogP contribution in [-0.4, -0.2) is 49.3 Å². The predicted octanol–water partition coefficient (Wildman–Crippen LogP) is 2.27. The molecule has 0 spiro atoms. The maximum atomic E-state index is 13.5. The van der Waals surface area contributed by atoms with Crippen LogP contribution in [0.15, 0.2) is 18.2 Å². The van der Waals surface area contributed by atoms with Crippen LogP contribution in [0.4, 0.5) is 4.39 Å². The van der Waals surface area contributed by atoms with Gasteiger partial charge in [0, 0.05) is 24.7 Å². The third-order valence-corrected chi connectivity index (χ3v) is 4.91. The molecular formula is C18H25FN2O3. The summed E-state index contributed by atoms with van der Waals surface area (Å²) in [6, 6.07) is 4.37. The van der Waals surface area contributed by atoms with Crippen LogP contribution in [0, 0.1) is 5.82 Å². The molecule has 0 saturated carbocycles. The van der Waals surface area contributed by atoms with Crippen molar-refractivity contribution in [3.05, 3.63) is 29.6 Å². The number of halogens is 1. The van der Waals surface area contributed by atoms with Crippen LogP contribution < -0.4 is 10.1 Å². The molecule has 24 heavy (non-hydrogen) atoms. The van der Waals surface area contributed by atoms with Crippen molar-refractivity contribution in [1.29, 1.82) is 0 Å². The highest BCUT2D eigenvalue weighted by Crippen LogP contribution is 2.32. The van der Waals surface area contributed by atoms with E-state index in [9.17, 15) is 9.18 Å². The van der Waals surface area contributed by atoms with Crippen LogP contribution in [0.5, 0.6) is 5.75 Å². The highest BCUT2D eigenvalue weighted by molar-refractivity contribution is 5.85. The van der Waals surface area contributed by atoms with Crippen LogP contribution in [0.2, 0.25) is 0 Å². The van der Waals surface area contributed by atoms with E-state index < -0.39 is 5.54 Å². The largest absolute Gasteiger partial charge is 0.493 e. The number of hydrogen-bond donors (Lipinski definition) is 1. The molecule has 1 amide bonds. The number of amides is 1. The number of morpholine rings is 1. The number of benzene rings is 1. The quantitative estimate of drug-likeness (QED) is 0.920. The summed E-state index contributed by atoms with van der Waals surface area (Å²) in [6.07, 6.45) is 1.60. The molecule has 1 aromatic carbocycles. The Morgan fingerprint density at radius 3 is 2.79 bits per heavy atom. The Morgan fingerprint density at radius 1 is 1.29 bits per heavy atom. The minimum Gasteiger partial charge on any atom is -0.493 e. The minimum absolute atomic E-state index is 0.0217. The monoisotopic (exact) mass is 336 g/mol. The fourth-order valence-electron chi connectivity index (χ4n) is 3.30. The first-order chi connectivity index (χ1) is 11.5. The van der Waals surface area contributed by atoms with Gasteiger partial charge in [0.15, 0.2) is 0 Å². The molecule has 6 heteroatoms. The first-order valence-corrected chi connectivity index (χ1v) is 8.54. The van der Waals surface area contributed by atoms with Crippen molar-refractivity contribution >= 4 is 5.91 Å². The average molecular weight is 336 g/mol. The molecule has 1 unspecified atom stereocenters. The normalized spacial score (nSPS) is 22.2. The lowest BCUT2D eigenvalue weighted by atomic mass is 9.97. The van der Waals surface area contributed by atoms with Crippen molar-refractivity contribution in [3.8, 4) is 5.75 Å². The minimum atomic E-state index is -0.614. The SMILES string of the molecule is CC(C)(C(=O)NC1CCCOc2cc(F)ccc21)N1CCOCC1. The second-order valence-corrected chi connectivity index (χ2v) is 6.86. The second kappa shape index (κ2) is 7.07. The highest BCUT2D eigenvalue weighted by atomic mass is 19.1. The van der Waals surface area contributed by atoms with Crippen molar-refractivity contribution in [2.45, 2.75) is 38.3 Å². The Morgan fingerprint density at radius 2 is 2.04 bits per heavy atom. The molecule has 1 N–H and O–H groups in total. The fraction of sp³-hybridized carbons (Fsp3) is 0.611. The summed E-state index contributed by atoms with van der Waals surface area (Å²) in [6.45, 7) is 7.20. The van der Waals surface area contributed by atoms with Crippen LogP contribution in [-0.2, 0) is 9.53 Å². The third-order valence-electron chi connectivity index (χ3n) is 4.91. The topological polar surface area (TPSA) is 50.8 Å². The second-order valence-electron chi connectivity index (χ2n) is 6.86. The van der Waals surface area contributed by atoms with Crippen molar-refractivity contribution < 1.29 is 18.7 Å². The Kier molecular flexibility index (Phi) is 5.06. The molecule has 5 nitrogen and oxygen atoms in total. The van der Waals surface area contributed by atoms with Crippen LogP contribution in [0.3, 0.4) is 0 Å². The van der Waals surface area contributed by atoms with E-state index in [1.807, 2.05) is 13.8 Å². The molecule has 132 valence electrons. The molecule has 0 aromatic heterocycles. The Labute approximate surface area is 142 Å². The molecule has 0 aliphatic carbocycles. The fourth-order valence-corrected chi connectivity index (χ4v) is 3.30. The molecule has 1 atom stereocenters. The van der Waals surface area contributed by atoms with Gasteiger partial charge in [-0.3, -0.25) is 9.69 Å². The van der Waals surface area contributed by atoms with Gasteiger partial charge in [0.1, 0.15) is 11.6 Å². The number of hydrogen-bond acceptors (Lipinski definition) is 4. The van der Waals surface area contributed by atoms with E-state index >= 15 is 0 Å². The Hall–Kier alpha value is -1.66. The summed E-state index contributed by atoms with van der Waals surface area (Å²) in [4.78, 5) is 15.1. The molecule has 1 aromatic rings. The lowest BCUT2D eigenvalue weighted by molar-refractivity contribution is -0.135. The molecule has 1 saturated heterocycles. The molecule has 3 rings (SSSR count). The van der Waals surface area contributed by atoms with Crippen molar-refractivity contribution in [3.63, 3.8) is 0 Å². The molecule has 2 aliphatic rings. The van der Waals surface area contributed by atoms with E-state index in [0.717, 1.165) is 31.5 Å². The smallest absolute Gasteiger partial charge is 0.240 e. The summed E-state index contributed by atoms with van der Waals surface area (Å²) in [7, 11) is 0. The van der Waals surface area contributed by atoms with E-state index in [1.54, 1.807) is 6.07 Å². The lowest BCUT2D eigenvalue weighted by Crippen LogP contribution is -2.58. The number of carbonyl (C=O) groups is 1. The molecule has 2 aliphatic heterocycles. The van der Waals surface area contributed by atoms with Gasteiger partial charge < -0.3 is 14.8 Å². The van der Waals surface area contributed by atoms with Gasteiger partial charge in [-0.1, -0.05) is 6.07 Å². The predicted molar refractivity (Wildman–Crippen MR) is 88.5 cm³/mol. The summed E-state index contributed by atoms with van der Waals surface area (Å²) in [5.74, 6) is 0.183. The summed E-state index contributed by atoms with van der Waals surface area (Å²) in [5.41, 5.74) is 0.233. The number of ether oxygens (including phenoxy) is 2. The zero-order valence-electron chi connectivity index (χ0n) is 14.3. The number of fused-ring (bicyclic) bond motifs is 1. The molecule has 0 radical (unpaired) electrons. The number of nitrogens with one attached hydrogen (secondary N) is 1. The van der Waals surface area contributed by atoms with Gasteiger partial charge >= 0.3 is 0 Å². The van der Waals surface area contributed by atoms with Gasteiger partial charge in [-0.25, -0.2) is 4.39 Å². The third kappa shape index (κ3) is 3.54. The van der Waals surface area contributed by atoms with E-state index in [0.29, 0.717) is 25.6 Å². The standard InChI is InChI=1S/C18H25FN2O3/c1-18(2,21-7-10-23-11-8-21)17(22)20-15-4-3-9-24-16-12-13(19)5-6-14(15)16/h5-6,12,15H,3-4,7-11H2,1-2H3,(H,20,22). The number of nitrogens with zero attached hydrogens (tertiary/aromatic N) is 1. The molecule has 1 fully saturated rings. The van der Waals surface area contributed by atoms with Crippen LogP contribution in [0.1, 0.15) is 38.3 Å². The Bertz CT molecular complexity index is 600. The highest BCUT2D eigenvalue weighted by Gasteiger charge is 2.37. The number of carbonyl (C=O) groups excluding carboxylic acids is 1. The zero-order valence-corrected chi connectivity index (χ0v) is 14.3. The first-order valence-electron chi connectivity index (χ1n) is 8.54. The summed E-state index contributed by atoms with van der Waals surface area (Å²) in [5, 5.41) is 3.15. The lowest BCUT2D eigenvalue weighted by Gasteiger charge is -2.40. The van der Waals surface area contributed by atoms with Crippen molar-refractivity contribution in [1.82, 2.24) is 10.2 Å². The van der Waals surface area contributed by atoms with Gasteiger partial charge in [-0.15, -0.1) is 0 Å². The van der Waals surface area contributed by atoms with Crippen LogP contribution >= 0.6 is 0 Å². The van der Waals surface area contributed by atoms with Gasteiger partial charge in [0.2, 0.25) is 5.91 Å². The van der Waals surface area contributed by atoms with Crippen LogP contribution in [0.25, 0.3) is 0 Å². The summed E-state index contributed by atoms with van der Waals surface area (Å²) >= 11 is 0. The molecular weight excluding hydrogens is 311 g/mol. The van der Waals surface area contributed by atoms with Crippen molar-refractivity contribution in [2.75, 3.05) is 32.9 Å². The van der Waals surface area contributed by atoms with E-state index in [4.69, 9.17) is 9.47 Å². The van der Waals surface area contributed by atoms with E-state index in [1.165, 1.54) is 12.1 Å². The average Bonchev–Trinajstić information content (AvgIpc) is 2.77. The van der Waals surface area contributed by atoms with Gasteiger partial charge in [-0.2, -0.15) is 0 Å². The first kappa shape index (κ1) is 17.2. The van der Waals surface area contributed by atoms with Gasteiger partial charge in [0.05, 0.1) is 31.4 Å². The number of rotatable bonds is 3. The van der Waals surface area contributed by atoms with Crippen molar-refractivity contribution in [2.24, 2.45) is 0 Å². The maximum absolute atomic E-state index is 13.5. The molecule has 0 bridgehead atoms. The summed E-state index contributed by atoms with van der Waals surface area (Å²) < 4.78 is 24.5. The van der Waals surface area contributed by atoms with E-state index in [-0.39, 0.29) is 17.8 Å². The zero-order chi connectivity index (χ0) is 17.2. The maximum Gasteiger partial charge on any atom is 0.240 e. The Balaban J connectivity index is 1.76. The van der Waals surface area contributed by atoms with Gasteiger partial charge in [0.25, 0.3) is 0 Å².